The van der Waals surface area contributed by atoms with Crippen LogP contribution in [0, 0.1) is 0 Å². The summed E-state index contributed by atoms with van der Waals surface area (Å²) < 4.78 is 0. The predicted octanol–water partition coefficient (Wildman–Crippen LogP) is 2.96. The van der Waals surface area contributed by atoms with E-state index in [0.29, 0.717) is 5.70 Å². The Balaban J connectivity index is 2.36. The Hall–Kier alpha value is -2.09. The van der Waals surface area contributed by atoms with E-state index in [-0.39, 0.29) is 5.78 Å². The van der Waals surface area contributed by atoms with Gasteiger partial charge in [0.05, 0.1) is 11.4 Å². The van der Waals surface area contributed by atoms with Crippen LogP contribution in [0.15, 0.2) is 48.7 Å². The minimum absolute atomic E-state index is 0.00393. The molecule has 0 atom stereocenters. The summed E-state index contributed by atoms with van der Waals surface area (Å²) in [6.07, 6.45) is 0. The summed E-state index contributed by atoms with van der Waals surface area (Å²) in [5, 5.41) is 5.21. The standard InChI is InChI=1S/C13H9NO/c1-8-13(15)11-6-9-4-2-3-5-10(9)7-12(11)14-8/h2-7,14H,1H2. The molecule has 2 aromatic rings. The summed E-state index contributed by atoms with van der Waals surface area (Å²) >= 11 is 0. The van der Waals surface area contributed by atoms with Gasteiger partial charge in [-0.1, -0.05) is 30.8 Å². The van der Waals surface area contributed by atoms with Crippen molar-refractivity contribution in [2.24, 2.45) is 0 Å². The van der Waals surface area contributed by atoms with Crippen LogP contribution in [0.5, 0.6) is 0 Å². The maximum absolute atomic E-state index is 11.7. The molecule has 0 fully saturated rings. The lowest BCUT2D eigenvalue weighted by molar-refractivity contribution is 0.104. The first-order chi connectivity index (χ1) is 7.25. The fraction of sp³-hybridized carbons (Fsp3) is 0. The van der Waals surface area contributed by atoms with Crippen molar-refractivity contribution in [1.82, 2.24) is 0 Å². The van der Waals surface area contributed by atoms with Gasteiger partial charge in [0.15, 0.2) is 0 Å². The number of hydrogen-bond acceptors (Lipinski definition) is 2. The second-order valence-electron chi connectivity index (χ2n) is 3.68. The summed E-state index contributed by atoms with van der Waals surface area (Å²) in [5.41, 5.74) is 2.04. The van der Waals surface area contributed by atoms with Crippen LogP contribution in [0.3, 0.4) is 0 Å². The number of nitrogens with one attached hydrogen (secondary N) is 1. The molecule has 2 aromatic carbocycles. The highest BCUT2D eigenvalue weighted by Gasteiger charge is 2.22. The fourth-order valence-corrected chi connectivity index (χ4v) is 1.91. The van der Waals surface area contributed by atoms with Gasteiger partial charge in [0.25, 0.3) is 0 Å². The molecule has 2 heteroatoms. The number of carbonyl (C=O) groups is 1. The molecule has 3 rings (SSSR count). The molecule has 1 heterocycles. The Morgan fingerprint density at radius 2 is 1.73 bits per heavy atom. The van der Waals surface area contributed by atoms with Crippen LogP contribution < -0.4 is 5.32 Å². The summed E-state index contributed by atoms with van der Waals surface area (Å²) in [5.74, 6) is -0.00393. The molecule has 72 valence electrons. The molecule has 0 radical (unpaired) electrons. The molecule has 1 aliphatic heterocycles. The van der Waals surface area contributed by atoms with E-state index >= 15 is 0 Å². The number of fused-ring (bicyclic) bond motifs is 2. The minimum Gasteiger partial charge on any atom is -0.352 e. The highest BCUT2D eigenvalue weighted by atomic mass is 16.1. The van der Waals surface area contributed by atoms with E-state index in [1.54, 1.807) is 0 Å². The predicted molar refractivity (Wildman–Crippen MR) is 61.0 cm³/mol. The molecule has 0 unspecified atom stereocenters. The number of Topliss-reactive ketones (excluding diaryl/α,β-unsaturated/α-hetero) is 1. The Morgan fingerprint density at radius 3 is 2.47 bits per heavy atom. The molecule has 15 heavy (non-hydrogen) atoms. The second kappa shape index (κ2) is 2.70. The topological polar surface area (TPSA) is 29.1 Å². The molecular weight excluding hydrogens is 186 g/mol. The zero-order valence-corrected chi connectivity index (χ0v) is 8.08. The summed E-state index contributed by atoms with van der Waals surface area (Å²) in [6.45, 7) is 3.68. The van der Waals surface area contributed by atoms with Crippen molar-refractivity contribution in [3.05, 3.63) is 54.2 Å². The molecular formula is C13H9NO. The molecule has 0 spiro atoms. The van der Waals surface area contributed by atoms with Crippen molar-refractivity contribution < 1.29 is 4.79 Å². The van der Waals surface area contributed by atoms with Gasteiger partial charge in [-0.25, -0.2) is 0 Å². The molecule has 1 N–H and O–H groups in total. The number of rotatable bonds is 0. The quantitative estimate of drug-likeness (QED) is 0.655. The van der Waals surface area contributed by atoms with Crippen molar-refractivity contribution >= 4 is 22.2 Å². The molecule has 0 bridgehead atoms. The average Bonchev–Trinajstić information content (AvgIpc) is 2.52. The SMILES string of the molecule is C=C1Nc2cc3ccccc3cc2C1=O. The van der Waals surface area contributed by atoms with Gasteiger partial charge in [-0.15, -0.1) is 0 Å². The minimum atomic E-state index is -0.00393. The maximum atomic E-state index is 11.7. The Morgan fingerprint density at radius 1 is 1.07 bits per heavy atom. The van der Waals surface area contributed by atoms with Gasteiger partial charge < -0.3 is 5.32 Å². The Labute approximate surface area is 87.2 Å². The van der Waals surface area contributed by atoms with Crippen LogP contribution in [0.1, 0.15) is 10.4 Å². The van der Waals surface area contributed by atoms with Gasteiger partial charge in [0.1, 0.15) is 0 Å². The first kappa shape index (κ1) is 8.24. The van der Waals surface area contributed by atoms with E-state index in [4.69, 9.17) is 0 Å². The van der Waals surface area contributed by atoms with E-state index in [1.165, 1.54) is 0 Å². The largest absolute Gasteiger partial charge is 0.352 e. The van der Waals surface area contributed by atoms with Crippen LogP contribution in [0.4, 0.5) is 5.69 Å². The average molecular weight is 195 g/mol. The number of hydrogen-bond donors (Lipinski definition) is 1. The highest BCUT2D eigenvalue weighted by molar-refractivity contribution is 6.19. The smallest absolute Gasteiger partial charge is 0.210 e. The van der Waals surface area contributed by atoms with E-state index in [9.17, 15) is 4.79 Å². The number of anilines is 1. The van der Waals surface area contributed by atoms with Gasteiger partial charge in [-0.05, 0) is 22.9 Å². The Kier molecular flexibility index (Phi) is 1.48. The molecule has 0 saturated heterocycles. The van der Waals surface area contributed by atoms with Crippen molar-refractivity contribution in [2.75, 3.05) is 5.32 Å². The third-order valence-electron chi connectivity index (χ3n) is 2.69. The second-order valence-corrected chi connectivity index (χ2v) is 3.68. The van der Waals surface area contributed by atoms with Gasteiger partial charge in [0.2, 0.25) is 5.78 Å². The van der Waals surface area contributed by atoms with Crippen molar-refractivity contribution in [3.63, 3.8) is 0 Å². The molecule has 1 aliphatic rings. The van der Waals surface area contributed by atoms with E-state index < -0.39 is 0 Å². The van der Waals surface area contributed by atoms with E-state index in [2.05, 4.69) is 11.9 Å². The van der Waals surface area contributed by atoms with Gasteiger partial charge in [-0.3, -0.25) is 4.79 Å². The van der Waals surface area contributed by atoms with Gasteiger partial charge >= 0.3 is 0 Å². The lowest BCUT2D eigenvalue weighted by atomic mass is 10.0. The van der Waals surface area contributed by atoms with Crippen molar-refractivity contribution in [3.8, 4) is 0 Å². The van der Waals surface area contributed by atoms with Crippen LogP contribution in [0.25, 0.3) is 10.8 Å². The molecule has 0 amide bonds. The lowest BCUT2D eigenvalue weighted by Gasteiger charge is -2.01. The van der Waals surface area contributed by atoms with Crippen LogP contribution in [-0.2, 0) is 0 Å². The summed E-state index contributed by atoms with van der Waals surface area (Å²) in [4.78, 5) is 11.7. The first-order valence-corrected chi connectivity index (χ1v) is 4.79. The number of ketones is 1. The highest BCUT2D eigenvalue weighted by Crippen LogP contribution is 2.31. The molecule has 0 aliphatic carbocycles. The van der Waals surface area contributed by atoms with Crippen LogP contribution >= 0.6 is 0 Å². The zero-order chi connectivity index (χ0) is 10.4. The van der Waals surface area contributed by atoms with Gasteiger partial charge in [-0.2, -0.15) is 0 Å². The third-order valence-corrected chi connectivity index (χ3v) is 2.69. The van der Waals surface area contributed by atoms with E-state index in [0.717, 1.165) is 22.0 Å². The Bertz CT molecular complexity index is 599. The number of benzene rings is 2. The molecule has 0 saturated carbocycles. The summed E-state index contributed by atoms with van der Waals surface area (Å²) in [6, 6.07) is 11.9. The fourth-order valence-electron chi connectivity index (χ4n) is 1.91. The maximum Gasteiger partial charge on any atom is 0.210 e. The van der Waals surface area contributed by atoms with Crippen molar-refractivity contribution in [2.45, 2.75) is 0 Å². The number of carbonyl (C=O) groups excluding carboxylic acids is 1. The normalized spacial score (nSPS) is 14.1. The van der Waals surface area contributed by atoms with Crippen LogP contribution in [-0.4, -0.2) is 5.78 Å². The summed E-state index contributed by atoms with van der Waals surface area (Å²) in [7, 11) is 0. The first-order valence-electron chi connectivity index (χ1n) is 4.79. The lowest BCUT2D eigenvalue weighted by Crippen LogP contribution is -1.96. The number of allylic oxidation sites excluding steroid dienone is 1. The third kappa shape index (κ3) is 1.08. The molecule has 0 aromatic heterocycles. The van der Waals surface area contributed by atoms with Crippen LogP contribution in [0.2, 0.25) is 0 Å². The monoisotopic (exact) mass is 195 g/mol. The van der Waals surface area contributed by atoms with Crippen molar-refractivity contribution in [1.29, 1.82) is 0 Å². The van der Waals surface area contributed by atoms with E-state index in [1.807, 2.05) is 36.4 Å². The molecule has 2 nitrogen and oxygen atoms in total. The zero-order valence-electron chi connectivity index (χ0n) is 8.08. The van der Waals surface area contributed by atoms with Gasteiger partial charge in [0, 0.05) is 5.56 Å².